The van der Waals surface area contributed by atoms with Crippen molar-refractivity contribution in [1.82, 2.24) is 15.1 Å². The van der Waals surface area contributed by atoms with Crippen molar-refractivity contribution in [3.05, 3.63) is 53.9 Å². The molecule has 2 saturated heterocycles. The molecule has 2 aliphatic rings. The molecule has 0 aliphatic carbocycles. The minimum atomic E-state index is -0.146. The van der Waals surface area contributed by atoms with Gasteiger partial charge in [0.2, 0.25) is 0 Å². The van der Waals surface area contributed by atoms with Crippen molar-refractivity contribution < 1.29 is 9.47 Å². The summed E-state index contributed by atoms with van der Waals surface area (Å²) in [6.07, 6.45) is 5.22. The topological polar surface area (TPSA) is 50.4 Å². The second-order valence-electron chi connectivity index (χ2n) is 6.88. The Hall–Kier alpha value is -1.69. The van der Waals surface area contributed by atoms with Crippen LogP contribution in [0.2, 0.25) is 0 Å². The molecule has 0 unspecified atom stereocenters. The Morgan fingerprint density at radius 3 is 2.96 bits per heavy atom. The molecule has 1 aromatic heterocycles. The maximum Gasteiger partial charge on any atom is 0.107 e. The number of likely N-dealkylation sites (tertiary alicyclic amines) is 1. The molecule has 5 nitrogen and oxygen atoms in total. The predicted octanol–water partition coefficient (Wildman–Crippen LogP) is 2.75. The van der Waals surface area contributed by atoms with E-state index in [1.807, 2.05) is 18.3 Å². The van der Waals surface area contributed by atoms with Gasteiger partial charge in [0.05, 0.1) is 12.7 Å². The van der Waals surface area contributed by atoms with Crippen LogP contribution in [0.1, 0.15) is 30.5 Å². The molecule has 5 heteroatoms. The van der Waals surface area contributed by atoms with Crippen LogP contribution in [0, 0.1) is 0 Å². The molecule has 0 amide bonds. The van der Waals surface area contributed by atoms with E-state index in [2.05, 4.69) is 39.4 Å². The van der Waals surface area contributed by atoms with Crippen LogP contribution in [-0.4, -0.2) is 46.5 Å². The second kappa shape index (κ2) is 7.05. The minimum Gasteiger partial charge on any atom is -0.371 e. The lowest BCUT2D eigenvalue weighted by Gasteiger charge is -2.45. The lowest BCUT2D eigenvalue weighted by atomic mass is 9.86. The quantitative estimate of drug-likeness (QED) is 0.917. The number of nitrogens with one attached hydrogen (secondary N) is 1. The fourth-order valence-corrected chi connectivity index (χ4v) is 3.97. The van der Waals surface area contributed by atoms with E-state index in [1.165, 1.54) is 5.56 Å². The summed E-state index contributed by atoms with van der Waals surface area (Å²) in [6.45, 7) is 4.38. The fourth-order valence-electron chi connectivity index (χ4n) is 3.97. The fraction of sp³-hybridized carbons (Fsp3) is 0.526. The molecule has 1 N–H and O–H groups in total. The van der Waals surface area contributed by atoms with Gasteiger partial charge in [0.25, 0.3) is 0 Å². The third-order valence-electron chi connectivity index (χ3n) is 5.17. The zero-order valence-corrected chi connectivity index (χ0v) is 14.0. The highest BCUT2D eigenvalue weighted by molar-refractivity contribution is 5.13. The van der Waals surface area contributed by atoms with E-state index in [1.54, 1.807) is 0 Å². The number of aromatic amines is 1. The average Bonchev–Trinajstić information content (AvgIpc) is 3.28. The van der Waals surface area contributed by atoms with Gasteiger partial charge in [-0.2, -0.15) is 5.10 Å². The zero-order chi connectivity index (χ0) is 16.2. The molecule has 2 fully saturated rings. The molecule has 4 rings (SSSR count). The van der Waals surface area contributed by atoms with E-state index < -0.39 is 0 Å². The van der Waals surface area contributed by atoms with Crippen molar-refractivity contribution in [3.8, 4) is 0 Å². The van der Waals surface area contributed by atoms with Gasteiger partial charge in [-0.3, -0.25) is 10.00 Å². The van der Waals surface area contributed by atoms with Gasteiger partial charge in [0.1, 0.15) is 5.60 Å². The van der Waals surface area contributed by atoms with Gasteiger partial charge >= 0.3 is 0 Å². The summed E-state index contributed by atoms with van der Waals surface area (Å²) in [5.74, 6) is 0. The largest absolute Gasteiger partial charge is 0.371 e. The Morgan fingerprint density at radius 1 is 1.29 bits per heavy atom. The maximum absolute atomic E-state index is 6.32. The van der Waals surface area contributed by atoms with Crippen molar-refractivity contribution in [1.29, 1.82) is 0 Å². The van der Waals surface area contributed by atoms with E-state index in [0.717, 1.165) is 51.2 Å². The third-order valence-corrected chi connectivity index (χ3v) is 5.17. The van der Waals surface area contributed by atoms with Crippen molar-refractivity contribution in [2.45, 2.75) is 44.1 Å². The summed E-state index contributed by atoms with van der Waals surface area (Å²) in [7, 11) is 0. The summed E-state index contributed by atoms with van der Waals surface area (Å²) in [6, 6.07) is 12.4. The molecule has 1 spiro atoms. The SMILES string of the molecule is c1ccc(CO[C@H]2CCN(Cc3ccn[nH]3)C[C@@]23CCCO3)cc1. The molecule has 128 valence electrons. The van der Waals surface area contributed by atoms with Gasteiger partial charge in [0.15, 0.2) is 0 Å². The molecule has 3 heterocycles. The summed E-state index contributed by atoms with van der Waals surface area (Å²) in [4.78, 5) is 2.46. The Labute approximate surface area is 143 Å². The van der Waals surface area contributed by atoms with Crippen molar-refractivity contribution in [2.75, 3.05) is 19.7 Å². The van der Waals surface area contributed by atoms with Gasteiger partial charge < -0.3 is 9.47 Å². The molecule has 0 saturated carbocycles. The summed E-state index contributed by atoms with van der Waals surface area (Å²) < 4.78 is 12.6. The molecule has 1 aromatic carbocycles. The molecule has 0 radical (unpaired) electrons. The molecule has 0 bridgehead atoms. The first-order chi connectivity index (χ1) is 11.8. The first-order valence-electron chi connectivity index (χ1n) is 8.84. The normalized spacial score (nSPS) is 27.8. The van der Waals surface area contributed by atoms with E-state index in [9.17, 15) is 0 Å². The highest BCUT2D eigenvalue weighted by atomic mass is 16.6. The molecule has 2 aliphatic heterocycles. The van der Waals surface area contributed by atoms with Gasteiger partial charge in [-0.05, 0) is 30.9 Å². The number of benzene rings is 1. The van der Waals surface area contributed by atoms with Crippen molar-refractivity contribution in [2.24, 2.45) is 0 Å². The van der Waals surface area contributed by atoms with E-state index in [-0.39, 0.29) is 11.7 Å². The highest BCUT2D eigenvalue weighted by Crippen LogP contribution is 2.37. The molecular formula is C19H25N3O2. The number of ether oxygens (including phenoxy) is 2. The summed E-state index contributed by atoms with van der Waals surface area (Å²) in [5.41, 5.74) is 2.24. The summed E-state index contributed by atoms with van der Waals surface area (Å²) >= 11 is 0. The minimum absolute atomic E-state index is 0.146. The smallest absolute Gasteiger partial charge is 0.107 e. The third kappa shape index (κ3) is 3.38. The number of hydrogen-bond donors (Lipinski definition) is 1. The predicted molar refractivity (Wildman–Crippen MR) is 91.4 cm³/mol. The van der Waals surface area contributed by atoms with Crippen molar-refractivity contribution >= 4 is 0 Å². The average molecular weight is 327 g/mol. The van der Waals surface area contributed by atoms with Crippen LogP contribution in [0.15, 0.2) is 42.6 Å². The molecule has 24 heavy (non-hydrogen) atoms. The van der Waals surface area contributed by atoms with E-state index in [0.29, 0.717) is 6.61 Å². The first-order valence-corrected chi connectivity index (χ1v) is 8.84. The monoisotopic (exact) mass is 327 g/mol. The molecular weight excluding hydrogens is 302 g/mol. The highest BCUT2D eigenvalue weighted by Gasteiger charge is 2.47. The van der Waals surface area contributed by atoms with Crippen LogP contribution in [-0.2, 0) is 22.6 Å². The lowest BCUT2D eigenvalue weighted by molar-refractivity contribution is -0.160. The molecule has 2 atom stereocenters. The number of piperidine rings is 1. The maximum atomic E-state index is 6.32. The Kier molecular flexibility index (Phi) is 4.65. The Morgan fingerprint density at radius 2 is 2.21 bits per heavy atom. The van der Waals surface area contributed by atoms with Gasteiger partial charge in [-0.1, -0.05) is 30.3 Å². The van der Waals surface area contributed by atoms with E-state index >= 15 is 0 Å². The van der Waals surface area contributed by atoms with Crippen molar-refractivity contribution in [3.63, 3.8) is 0 Å². The second-order valence-corrected chi connectivity index (χ2v) is 6.88. The number of H-pyrrole nitrogens is 1. The van der Waals surface area contributed by atoms with Crippen LogP contribution >= 0.6 is 0 Å². The summed E-state index contributed by atoms with van der Waals surface area (Å²) in [5, 5.41) is 7.10. The van der Waals surface area contributed by atoms with Gasteiger partial charge in [-0.15, -0.1) is 0 Å². The van der Waals surface area contributed by atoms with Crippen LogP contribution < -0.4 is 0 Å². The van der Waals surface area contributed by atoms with Crippen LogP contribution in [0.3, 0.4) is 0 Å². The number of hydrogen-bond acceptors (Lipinski definition) is 4. The van der Waals surface area contributed by atoms with Crippen LogP contribution in [0.4, 0.5) is 0 Å². The lowest BCUT2D eigenvalue weighted by Crippen LogP contribution is -2.57. The number of nitrogens with zero attached hydrogens (tertiary/aromatic N) is 2. The zero-order valence-electron chi connectivity index (χ0n) is 14.0. The Bertz CT molecular complexity index is 623. The van der Waals surface area contributed by atoms with Gasteiger partial charge in [0, 0.05) is 38.1 Å². The standard InChI is InChI=1S/C19H25N3O2/c1-2-5-16(6-3-1)14-23-18-8-11-22(13-17-7-10-20-21-17)15-19(18)9-4-12-24-19/h1-3,5-7,10,18H,4,8-9,11-15H2,(H,20,21)/t18-,19-/m0/s1. The van der Waals surface area contributed by atoms with Crippen LogP contribution in [0.25, 0.3) is 0 Å². The first kappa shape index (κ1) is 15.8. The van der Waals surface area contributed by atoms with E-state index in [4.69, 9.17) is 9.47 Å². The van der Waals surface area contributed by atoms with Crippen LogP contribution in [0.5, 0.6) is 0 Å². The number of aromatic nitrogens is 2. The van der Waals surface area contributed by atoms with Gasteiger partial charge in [-0.25, -0.2) is 0 Å². The Balaban J connectivity index is 1.41. The number of rotatable bonds is 5. The molecule has 2 aromatic rings.